The molecule has 1 aliphatic heterocycles. The second kappa shape index (κ2) is 3.89. The summed E-state index contributed by atoms with van der Waals surface area (Å²) in [6.07, 6.45) is 6.66. The molecule has 1 aliphatic carbocycles. The number of hydrogen-bond acceptors (Lipinski definition) is 3. The van der Waals surface area contributed by atoms with Gasteiger partial charge in [0.1, 0.15) is 0 Å². The lowest BCUT2D eigenvalue weighted by molar-refractivity contribution is -0.145. The largest absolute Gasteiger partial charge is 0.434 e. The van der Waals surface area contributed by atoms with Crippen molar-refractivity contribution in [2.45, 2.75) is 63.8 Å². The van der Waals surface area contributed by atoms with Crippen molar-refractivity contribution < 1.29 is 14.3 Å². The molecule has 1 heterocycles. The van der Waals surface area contributed by atoms with E-state index in [4.69, 9.17) is 9.47 Å². The summed E-state index contributed by atoms with van der Waals surface area (Å²) in [4.78, 5) is 11.6. The van der Waals surface area contributed by atoms with Crippen LogP contribution in [0.2, 0.25) is 0 Å². The van der Waals surface area contributed by atoms with Crippen LogP contribution in [0, 0.1) is 0 Å². The van der Waals surface area contributed by atoms with Gasteiger partial charge in [-0.1, -0.05) is 13.3 Å². The van der Waals surface area contributed by atoms with Gasteiger partial charge in [0.15, 0.2) is 5.60 Å². The van der Waals surface area contributed by atoms with E-state index >= 15 is 0 Å². The molecule has 1 unspecified atom stereocenters. The quantitative estimate of drug-likeness (QED) is 0.653. The zero-order valence-electron chi connectivity index (χ0n) is 8.75. The van der Waals surface area contributed by atoms with Gasteiger partial charge in [-0.05, 0) is 32.1 Å². The average molecular weight is 198 g/mol. The molecule has 2 rings (SSSR count). The number of cyclic esters (lactones) is 1. The standard InChI is InChI=1S/C11H18O3/c1-2-3-6-9-13-10(12)11(14-9)7-4-5-8-11/h9H,2-8H2,1H3. The molecule has 0 aromatic rings. The van der Waals surface area contributed by atoms with Crippen molar-refractivity contribution in [2.75, 3.05) is 0 Å². The van der Waals surface area contributed by atoms with Gasteiger partial charge >= 0.3 is 5.97 Å². The van der Waals surface area contributed by atoms with E-state index in [0.717, 1.165) is 44.9 Å². The van der Waals surface area contributed by atoms with Gasteiger partial charge in [0.2, 0.25) is 6.29 Å². The van der Waals surface area contributed by atoms with Crippen LogP contribution < -0.4 is 0 Å². The van der Waals surface area contributed by atoms with E-state index in [-0.39, 0.29) is 12.3 Å². The number of carbonyl (C=O) groups is 1. The Hall–Kier alpha value is -0.570. The van der Waals surface area contributed by atoms with Gasteiger partial charge in [-0.2, -0.15) is 0 Å². The Balaban J connectivity index is 1.93. The van der Waals surface area contributed by atoms with Gasteiger partial charge in [-0.15, -0.1) is 0 Å². The minimum atomic E-state index is -0.543. The zero-order chi connectivity index (χ0) is 10.0. The van der Waals surface area contributed by atoms with Gasteiger partial charge in [-0.25, -0.2) is 4.79 Å². The topological polar surface area (TPSA) is 35.5 Å². The Labute approximate surface area is 84.8 Å². The van der Waals surface area contributed by atoms with E-state index in [1.54, 1.807) is 0 Å². The monoisotopic (exact) mass is 198 g/mol. The third kappa shape index (κ3) is 1.65. The molecule has 14 heavy (non-hydrogen) atoms. The molecular formula is C11H18O3. The van der Waals surface area contributed by atoms with E-state index in [9.17, 15) is 4.79 Å². The number of unbranched alkanes of at least 4 members (excludes halogenated alkanes) is 1. The molecule has 0 bridgehead atoms. The van der Waals surface area contributed by atoms with Crippen molar-refractivity contribution in [2.24, 2.45) is 0 Å². The summed E-state index contributed by atoms with van der Waals surface area (Å²) >= 11 is 0. The summed E-state index contributed by atoms with van der Waals surface area (Å²) in [6, 6.07) is 0. The van der Waals surface area contributed by atoms with Gasteiger partial charge in [0, 0.05) is 6.42 Å². The van der Waals surface area contributed by atoms with Gasteiger partial charge in [0.05, 0.1) is 0 Å². The van der Waals surface area contributed by atoms with Crippen molar-refractivity contribution in [3.8, 4) is 0 Å². The van der Waals surface area contributed by atoms with Crippen molar-refractivity contribution in [1.29, 1.82) is 0 Å². The van der Waals surface area contributed by atoms with Crippen LogP contribution in [0.25, 0.3) is 0 Å². The highest BCUT2D eigenvalue weighted by Crippen LogP contribution is 2.40. The number of rotatable bonds is 3. The predicted molar refractivity (Wildman–Crippen MR) is 51.7 cm³/mol. The van der Waals surface area contributed by atoms with Crippen LogP contribution in [0.15, 0.2) is 0 Å². The third-order valence-electron chi connectivity index (χ3n) is 3.17. The fraction of sp³-hybridized carbons (Fsp3) is 0.909. The Morgan fingerprint density at radius 3 is 2.79 bits per heavy atom. The van der Waals surface area contributed by atoms with Crippen molar-refractivity contribution in [1.82, 2.24) is 0 Å². The van der Waals surface area contributed by atoms with Crippen LogP contribution in [0.4, 0.5) is 0 Å². The maximum absolute atomic E-state index is 11.6. The number of esters is 1. The molecule has 1 atom stereocenters. The minimum Gasteiger partial charge on any atom is -0.434 e. The first kappa shape index (κ1) is 9.97. The van der Waals surface area contributed by atoms with Crippen LogP contribution in [0.3, 0.4) is 0 Å². The van der Waals surface area contributed by atoms with Crippen LogP contribution in [0.1, 0.15) is 51.9 Å². The van der Waals surface area contributed by atoms with Gasteiger partial charge in [0.25, 0.3) is 0 Å². The summed E-state index contributed by atoms with van der Waals surface area (Å²) in [5.74, 6) is -0.115. The van der Waals surface area contributed by atoms with Crippen molar-refractivity contribution in [3.63, 3.8) is 0 Å². The molecule has 0 aromatic carbocycles. The first-order valence-corrected chi connectivity index (χ1v) is 5.66. The summed E-state index contributed by atoms with van der Waals surface area (Å²) in [6.45, 7) is 2.13. The molecule has 1 spiro atoms. The van der Waals surface area contributed by atoms with E-state index in [1.165, 1.54) is 0 Å². The molecule has 0 amide bonds. The second-order valence-electron chi connectivity index (χ2n) is 4.30. The van der Waals surface area contributed by atoms with E-state index in [1.807, 2.05) is 0 Å². The third-order valence-corrected chi connectivity index (χ3v) is 3.17. The number of carbonyl (C=O) groups excluding carboxylic acids is 1. The van der Waals surface area contributed by atoms with Crippen LogP contribution >= 0.6 is 0 Å². The maximum atomic E-state index is 11.6. The SMILES string of the molecule is CCCCC1OC(=O)C2(CCCC2)O1. The number of ether oxygens (including phenoxy) is 2. The lowest BCUT2D eigenvalue weighted by atomic mass is 10.0. The summed E-state index contributed by atoms with van der Waals surface area (Å²) < 4.78 is 11.0. The molecule has 2 fully saturated rings. The normalized spacial score (nSPS) is 29.8. The van der Waals surface area contributed by atoms with Crippen molar-refractivity contribution in [3.05, 3.63) is 0 Å². The molecule has 3 nitrogen and oxygen atoms in total. The highest BCUT2D eigenvalue weighted by Gasteiger charge is 2.51. The average Bonchev–Trinajstić information content (AvgIpc) is 2.74. The van der Waals surface area contributed by atoms with Crippen LogP contribution in [-0.4, -0.2) is 17.9 Å². The first-order chi connectivity index (χ1) is 6.77. The van der Waals surface area contributed by atoms with Crippen LogP contribution in [-0.2, 0) is 14.3 Å². The molecule has 0 N–H and O–H groups in total. The molecule has 1 saturated heterocycles. The second-order valence-corrected chi connectivity index (χ2v) is 4.30. The minimum absolute atomic E-state index is 0.115. The summed E-state index contributed by atoms with van der Waals surface area (Å²) in [5, 5.41) is 0. The van der Waals surface area contributed by atoms with Crippen LogP contribution in [0.5, 0.6) is 0 Å². The Kier molecular flexibility index (Phi) is 2.77. The fourth-order valence-corrected chi connectivity index (χ4v) is 2.31. The first-order valence-electron chi connectivity index (χ1n) is 5.66. The molecule has 2 aliphatic rings. The fourth-order valence-electron chi connectivity index (χ4n) is 2.31. The molecule has 80 valence electrons. The lowest BCUT2D eigenvalue weighted by Gasteiger charge is -2.16. The molecular weight excluding hydrogens is 180 g/mol. The molecule has 3 heteroatoms. The lowest BCUT2D eigenvalue weighted by Crippen LogP contribution is -2.32. The Bertz CT molecular complexity index is 219. The highest BCUT2D eigenvalue weighted by molar-refractivity contribution is 5.81. The summed E-state index contributed by atoms with van der Waals surface area (Å²) in [7, 11) is 0. The Morgan fingerprint density at radius 2 is 2.14 bits per heavy atom. The molecule has 1 saturated carbocycles. The van der Waals surface area contributed by atoms with E-state index in [2.05, 4.69) is 6.92 Å². The van der Waals surface area contributed by atoms with Gasteiger partial charge in [-0.3, -0.25) is 0 Å². The highest BCUT2D eigenvalue weighted by atomic mass is 16.8. The molecule has 0 radical (unpaired) electrons. The summed E-state index contributed by atoms with van der Waals surface area (Å²) in [5.41, 5.74) is -0.543. The smallest absolute Gasteiger partial charge is 0.340 e. The predicted octanol–water partition coefficient (Wildman–Crippen LogP) is 2.39. The molecule has 0 aromatic heterocycles. The van der Waals surface area contributed by atoms with E-state index in [0.29, 0.717) is 0 Å². The Morgan fingerprint density at radius 1 is 1.43 bits per heavy atom. The zero-order valence-corrected chi connectivity index (χ0v) is 8.75. The van der Waals surface area contributed by atoms with E-state index < -0.39 is 5.60 Å². The maximum Gasteiger partial charge on any atom is 0.340 e. The van der Waals surface area contributed by atoms with Crippen molar-refractivity contribution >= 4 is 5.97 Å². The number of hydrogen-bond donors (Lipinski definition) is 0. The van der Waals surface area contributed by atoms with Gasteiger partial charge < -0.3 is 9.47 Å².